The van der Waals surface area contributed by atoms with Crippen LogP contribution in [0.25, 0.3) is 32.9 Å². The highest BCUT2D eigenvalue weighted by molar-refractivity contribution is 5.75. The third kappa shape index (κ3) is 5.50. The number of hydrogen-bond donors (Lipinski definition) is 0. The first-order valence-corrected chi connectivity index (χ1v) is 13.8. The fraction of sp³-hybridized carbons (Fsp3) is 0.167. The van der Waals surface area contributed by atoms with Crippen LogP contribution in [0.3, 0.4) is 0 Å². The molecule has 0 aliphatic heterocycles. The minimum Gasteiger partial charge on any atom is -0.198 e. The molecule has 0 N–H and O–H groups in total. The molecule has 0 aliphatic carbocycles. The van der Waals surface area contributed by atoms with Crippen molar-refractivity contribution in [3.8, 4) is 11.1 Å². The Labute approximate surface area is 225 Å². The van der Waals surface area contributed by atoms with Crippen LogP contribution in [0.1, 0.15) is 24.0 Å². The molecule has 0 atom stereocenters. The topological polar surface area (TPSA) is 7.76 Å². The van der Waals surface area contributed by atoms with Gasteiger partial charge in [-0.25, -0.2) is 0 Å². The number of pyridine rings is 2. The smallest absolute Gasteiger partial charge is 0.198 e. The van der Waals surface area contributed by atoms with Gasteiger partial charge in [-0.15, -0.1) is 0 Å². The zero-order valence-corrected chi connectivity index (χ0v) is 21.8. The van der Waals surface area contributed by atoms with Gasteiger partial charge in [0.2, 0.25) is 11.0 Å². The van der Waals surface area contributed by atoms with E-state index in [1.165, 1.54) is 44.1 Å². The number of rotatable bonds is 9. The third-order valence-electron chi connectivity index (χ3n) is 7.55. The maximum atomic E-state index is 2.37. The molecule has 38 heavy (non-hydrogen) atoms. The van der Waals surface area contributed by atoms with Gasteiger partial charge in [0.05, 0.1) is 0 Å². The molecule has 2 heterocycles. The van der Waals surface area contributed by atoms with E-state index < -0.39 is 0 Å². The second kappa shape index (κ2) is 11.4. The predicted octanol–water partition coefficient (Wildman–Crippen LogP) is 7.50. The van der Waals surface area contributed by atoms with Gasteiger partial charge in [0.15, 0.2) is 12.4 Å². The molecule has 0 radical (unpaired) electrons. The minimum atomic E-state index is 1.03. The zero-order valence-electron chi connectivity index (χ0n) is 21.8. The van der Waals surface area contributed by atoms with Gasteiger partial charge >= 0.3 is 0 Å². The lowest BCUT2D eigenvalue weighted by Gasteiger charge is -2.07. The number of aromatic nitrogens is 2. The van der Waals surface area contributed by atoms with Crippen LogP contribution in [-0.2, 0) is 25.9 Å². The van der Waals surface area contributed by atoms with Gasteiger partial charge in [-0.1, -0.05) is 72.8 Å². The molecule has 0 saturated carbocycles. The van der Waals surface area contributed by atoms with Crippen molar-refractivity contribution in [3.05, 3.63) is 145 Å². The predicted molar refractivity (Wildman–Crippen MR) is 157 cm³/mol. The molecule has 0 saturated heterocycles. The average Bonchev–Trinajstić information content (AvgIpc) is 2.98. The van der Waals surface area contributed by atoms with Crippen molar-refractivity contribution in [1.82, 2.24) is 0 Å². The quantitative estimate of drug-likeness (QED) is 0.184. The average molecular weight is 495 g/mol. The summed E-state index contributed by atoms with van der Waals surface area (Å²) in [6, 6.07) is 44.1. The van der Waals surface area contributed by atoms with Gasteiger partial charge in [-0.05, 0) is 59.4 Å². The number of hydrogen-bond acceptors (Lipinski definition) is 0. The van der Waals surface area contributed by atoms with E-state index in [0.29, 0.717) is 0 Å². The molecule has 2 nitrogen and oxygen atoms in total. The largest absolute Gasteiger partial charge is 0.212 e. The van der Waals surface area contributed by atoms with Gasteiger partial charge in [0, 0.05) is 47.9 Å². The van der Waals surface area contributed by atoms with Crippen LogP contribution in [-0.4, -0.2) is 0 Å². The second-order valence-corrected chi connectivity index (χ2v) is 10.1. The summed E-state index contributed by atoms with van der Waals surface area (Å²) < 4.78 is 4.73. The first kappa shape index (κ1) is 24.1. The Kier molecular flexibility index (Phi) is 7.22. The van der Waals surface area contributed by atoms with Crippen LogP contribution in [0.4, 0.5) is 0 Å². The summed E-state index contributed by atoms with van der Waals surface area (Å²) in [5.74, 6) is 0. The molecule has 186 valence electrons. The van der Waals surface area contributed by atoms with Crippen molar-refractivity contribution in [3.63, 3.8) is 0 Å². The van der Waals surface area contributed by atoms with Crippen molar-refractivity contribution < 1.29 is 9.13 Å². The summed E-state index contributed by atoms with van der Waals surface area (Å²) in [6.45, 7) is 2.06. The van der Waals surface area contributed by atoms with Crippen LogP contribution < -0.4 is 9.13 Å². The highest BCUT2D eigenvalue weighted by Gasteiger charge is 2.09. The van der Waals surface area contributed by atoms with Crippen molar-refractivity contribution >= 4 is 21.8 Å². The fourth-order valence-electron chi connectivity index (χ4n) is 5.47. The lowest BCUT2D eigenvalue weighted by atomic mass is 10.00. The van der Waals surface area contributed by atoms with Crippen LogP contribution >= 0.6 is 0 Å². The highest BCUT2D eigenvalue weighted by atomic mass is 14.9. The number of para-hydroxylation sites is 2. The summed E-state index contributed by atoms with van der Waals surface area (Å²) in [6.07, 6.45) is 8.82. The Hall–Kier alpha value is -4.30. The first-order valence-electron chi connectivity index (χ1n) is 13.8. The summed E-state index contributed by atoms with van der Waals surface area (Å²) in [4.78, 5) is 0. The lowest BCUT2D eigenvalue weighted by molar-refractivity contribution is -0.671. The van der Waals surface area contributed by atoms with Crippen LogP contribution in [0.15, 0.2) is 134 Å². The minimum absolute atomic E-state index is 1.03. The van der Waals surface area contributed by atoms with Gasteiger partial charge in [0.25, 0.3) is 0 Å². The zero-order chi connectivity index (χ0) is 25.6. The standard InChI is InChI=1S/C36H34N2/c1-3-15-35-33(11-1)13-7-27-37(35)25-5-9-29-17-21-31(22-18-29)32-23-19-30(20-24-32)10-6-26-38-28-8-14-34-12-2-4-16-36(34)38/h1-4,7-8,11-24,27-28H,5-6,9-10,25-26H2/q+2. The van der Waals surface area contributed by atoms with Crippen LogP contribution in [0.2, 0.25) is 0 Å². The van der Waals surface area contributed by atoms with Crippen molar-refractivity contribution in [2.24, 2.45) is 0 Å². The van der Waals surface area contributed by atoms with E-state index >= 15 is 0 Å². The van der Waals surface area contributed by atoms with E-state index in [9.17, 15) is 0 Å². The van der Waals surface area contributed by atoms with Crippen LogP contribution in [0.5, 0.6) is 0 Å². The number of fused-ring (bicyclic) bond motifs is 2. The Bertz CT molecular complexity index is 1510. The molecular weight excluding hydrogens is 460 g/mol. The van der Waals surface area contributed by atoms with Gasteiger partial charge < -0.3 is 0 Å². The molecular formula is C36H34N2+2. The maximum Gasteiger partial charge on any atom is 0.212 e. The normalized spacial score (nSPS) is 11.3. The van der Waals surface area contributed by atoms with Crippen molar-refractivity contribution in [2.45, 2.75) is 38.8 Å². The SMILES string of the molecule is c1ccc2c(c1)ccc[n+]2CCCc1ccc(-c2ccc(CCC[n+]3cccc4ccccc43)cc2)cc1. The molecule has 0 fully saturated rings. The maximum absolute atomic E-state index is 2.37. The van der Waals surface area contributed by atoms with E-state index in [0.717, 1.165) is 38.8 Å². The van der Waals surface area contributed by atoms with E-state index in [4.69, 9.17) is 0 Å². The Morgan fingerprint density at radius 1 is 0.395 bits per heavy atom. The van der Waals surface area contributed by atoms with E-state index in [2.05, 4.69) is 143 Å². The molecule has 0 unspecified atom stereocenters. The fourth-order valence-corrected chi connectivity index (χ4v) is 5.47. The van der Waals surface area contributed by atoms with Crippen LogP contribution in [0, 0.1) is 0 Å². The van der Waals surface area contributed by atoms with Crippen molar-refractivity contribution in [1.29, 1.82) is 0 Å². The molecule has 0 bridgehead atoms. The monoisotopic (exact) mass is 494 g/mol. The van der Waals surface area contributed by atoms with E-state index in [1.807, 2.05) is 0 Å². The number of nitrogens with zero attached hydrogens (tertiary/aromatic N) is 2. The molecule has 6 aromatic rings. The summed E-state index contributed by atoms with van der Waals surface area (Å²) >= 11 is 0. The Morgan fingerprint density at radius 2 is 0.789 bits per heavy atom. The Morgan fingerprint density at radius 3 is 1.24 bits per heavy atom. The van der Waals surface area contributed by atoms with E-state index in [-0.39, 0.29) is 0 Å². The summed E-state index contributed by atoms with van der Waals surface area (Å²) in [7, 11) is 0. The summed E-state index contributed by atoms with van der Waals surface area (Å²) in [5, 5.41) is 2.60. The molecule has 0 aliphatic rings. The van der Waals surface area contributed by atoms with Crippen molar-refractivity contribution in [2.75, 3.05) is 0 Å². The Balaban J connectivity index is 1.02. The number of aryl methyl sites for hydroxylation is 4. The highest BCUT2D eigenvalue weighted by Crippen LogP contribution is 2.21. The number of benzene rings is 4. The molecule has 0 spiro atoms. The molecule has 0 amide bonds. The van der Waals surface area contributed by atoms with Gasteiger partial charge in [-0.3, -0.25) is 0 Å². The molecule has 6 rings (SSSR count). The third-order valence-corrected chi connectivity index (χ3v) is 7.55. The molecule has 2 heteroatoms. The molecule has 2 aromatic heterocycles. The first-order chi connectivity index (χ1) is 18.8. The van der Waals surface area contributed by atoms with Gasteiger partial charge in [0.1, 0.15) is 13.1 Å². The van der Waals surface area contributed by atoms with E-state index in [1.54, 1.807) is 0 Å². The lowest BCUT2D eigenvalue weighted by Crippen LogP contribution is -2.34. The summed E-state index contributed by atoms with van der Waals surface area (Å²) in [5.41, 5.74) is 7.99. The molecule has 4 aromatic carbocycles. The van der Waals surface area contributed by atoms with Gasteiger partial charge in [-0.2, -0.15) is 9.13 Å². The second-order valence-electron chi connectivity index (χ2n) is 10.1.